The molecule has 2 rings (SSSR count). The van der Waals surface area contributed by atoms with E-state index in [0.29, 0.717) is 6.42 Å². The van der Waals surface area contributed by atoms with E-state index in [0.717, 1.165) is 35.2 Å². The van der Waals surface area contributed by atoms with E-state index in [9.17, 15) is 0 Å². The van der Waals surface area contributed by atoms with Crippen LogP contribution in [0.25, 0.3) is 0 Å². The van der Waals surface area contributed by atoms with Crippen molar-refractivity contribution in [1.29, 1.82) is 5.26 Å². The van der Waals surface area contributed by atoms with Gasteiger partial charge in [-0.1, -0.05) is 6.07 Å². The van der Waals surface area contributed by atoms with Crippen molar-refractivity contribution < 1.29 is 0 Å². The average Bonchev–Trinajstić information content (AvgIpc) is 2.46. The van der Waals surface area contributed by atoms with Crippen LogP contribution in [0.2, 0.25) is 0 Å². The second-order valence-electron chi connectivity index (χ2n) is 4.49. The fraction of sp³-hybridized carbons (Fsp3) is 0.267. The quantitative estimate of drug-likeness (QED) is 0.816. The number of nitriles is 1. The van der Waals surface area contributed by atoms with E-state index in [1.165, 1.54) is 0 Å². The van der Waals surface area contributed by atoms with E-state index in [1.807, 2.05) is 24.5 Å². The zero-order valence-corrected chi connectivity index (χ0v) is 12.6. The molecule has 0 bridgehead atoms. The van der Waals surface area contributed by atoms with Gasteiger partial charge in [0.05, 0.1) is 6.07 Å². The molecule has 0 N–H and O–H groups in total. The maximum absolute atomic E-state index is 8.78. The number of rotatable bonds is 6. The number of aromatic nitrogens is 2. The van der Waals surface area contributed by atoms with Crippen molar-refractivity contribution in [2.75, 3.05) is 6.54 Å². The first-order chi connectivity index (χ1) is 9.78. The summed E-state index contributed by atoms with van der Waals surface area (Å²) < 4.78 is 0.969. The number of hydrogen-bond acceptors (Lipinski definition) is 4. The van der Waals surface area contributed by atoms with Crippen molar-refractivity contribution in [2.24, 2.45) is 0 Å². The molecule has 2 aromatic heterocycles. The molecule has 20 heavy (non-hydrogen) atoms. The fourth-order valence-corrected chi connectivity index (χ4v) is 2.38. The summed E-state index contributed by atoms with van der Waals surface area (Å²) in [6.45, 7) is 2.28. The molecule has 5 heteroatoms. The van der Waals surface area contributed by atoms with Crippen molar-refractivity contribution in [3.8, 4) is 6.07 Å². The molecule has 0 aliphatic rings. The van der Waals surface area contributed by atoms with Gasteiger partial charge in [0.15, 0.2) is 0 Å². The molecule has 0 amide bonds. The molecule has 4 nitrogen and oxygen atoms in total. The Labute approximate surface area is 127 Å². The van der Waals surface area contributed by atoms with E-state index in [1.54, 1.807) is 12.4 Å². The van der Waals surface area contributed by atoms with Crippen LogP contribution in [0.1, 0.15) is 17.5 Å². The van der Waals surface area contributed by atoms with Crippen molar-refractivity contribution >= 4 is 15.9 Å². The van der Waals surface area contributed by atoms with E-state index >= 15 is 0 Å². The van der Waals surface area contributed by atoms with Gasteiger partial charge in [0.2, 0.25) is 0 Å². The molecule has 0 aliphatic heterocycles. The third-order valence-corrected chi connectivity index (χ3v) is 3.27. The summed E-state index contributed by atoms with van der Waals surface area (Å²) >= 11 is 3.43. The van der Waals surface area contributed by atoms with E-state index in [-0.39, 0.29) is 0 Å². The molecule has 2 heterocycles. The first kappa shape index (κ1) is 14.6. The van der Waals surface area contributed by atoms with Crippen molar-refractivity contribution in [1.82, 2.24) is 14.9 Å². The Morgan fingerprint density at radius 3 is 2.65 bits per heavy atom. The average molecular weight is 331 g/mol. The predicted molar refractivity (Wildman–Crippen MR) is 80.5 cm³/mol. The highest BCUT2D eigenvalue weighted by Crippen LogP contribution is 2.13. The molecule has 0 saturated heterocycles. The van der Waals surface area contributed by atoms with Crippen LogP contribution in [-0.4, -0.2) is 21.4 Å². The summed E-state index contributed by atoms with van der Waals surface area (Å²) in [4.78, 5) is 10.5. The summed E-state index contributed by atoms with van der Waals surface area (Å²) in [6, 6.07) is 8.23. The van der Waals surface area contributed by atoms with E-state index in [4.69, 9.17) is 5.26 Å². The zero-order chi connectivity index (χ0) is 14.2. The van der Waals surface area contributed by atoms with Crippen LogP contribution in [0.15, 0.2) is 47.5 Å². The molecular formula is C15H15BrN4. The minimum absolute atomic E-state index is 0.516. The van der Waals surface area contributed by atoms with Crippen LogP contribution in [0, 0.1) is 11.3 Å². The van der Waals surface area contributed by atoms with Gasteiger partial charge in [0.1, 0.15) is 0 Å². The van der Waals surface area contributed by atoms with Crippen LogP contribution >= 0.6 is 15.9 Å². The van der Waals surface area contributed by atoms with Crippen LogP contribution in [0.5, 0.6) is 0 Å². The second kappa shape index (κ2) is 7.73. The van der Waals surface area contributed by atoms with Gasteiger partial charge in [0, 0.05) is 55.3 Å². The third kappa shape index (κ3) is 4.72. The van der Waals surface area contributed by atoms with Gasteiger partial charge >= 0.3 is 0 Å². The molecule has 0 saturated carbocycles. The Bertz CT molecular complexity index is 580. The number of pyridine rings is 2. The van der Waals surface area contributed by atoms with Crippen molar-refractivity contribution in [3.63, 3.8) is 0 Å². The number of hydrogen-bond donors (Lipinski definition) is 0. The molecule has 0 aromatic carbocycles. The van der Waals surface area contributed by atoms with Crippen LogP contribution in [-0.2, 0) is 13.1 Å². The van der Waals surface area contributed by atoms with Crippen LogP contribution in [0.4, 0.5) is 0 Å². The highest BCUT2D eigenvalue weighted by molar-refractivity contribution is 9.10. The summed E-state index contributed by atoms with van der Waals surface area (Å²) in [5.74, 6) is 0. The van der Waals surface area contributed by atoms with Gasteiger partial charge in [-0.3, -0.25) is 14.9 Å². The maximum atomic E-state index is 8.78. The van der Waals surface area contributed by atoms with Gasteiger partial charge < -0.3 is 0 Å². The molecule has 102 valence electrons. The lowest BCUT2D eigenvalue weighted by Crippen LogP contribution is -2.24. The van der Waals surface area contributed by atoms with Gasteiger partial charge in [-0.25, -0.2) is 0 Å². The standard InChI is InChI=1S/C15H15BrN4/c16-15-7-14(9-19-10-15)12-20(6-2-4-17)11-13-3-1-5-18-8-13/h1,3,5,7-10H,2,6,11-12H2. The van der Waals surface area contributed by atoms with E-state index in [2.05, 4.69) is 42.9 Å². The topological polar surface area (TPSA) is 52.8 Å². The normalized spacial score (nSPS) is 10.4. The Hall–Kier alpha value is -1.77. The Morgan fingerprint density at radius 2 is 1.95 bits per heavy atom. The summed E-state index contributed by atoms with van der Waals surface area (Å²) in [6.07, 6.45) is 7.76. The molecule has 0 radical (unpaired) electrons. The molecule has 2 aromatic rings. The molecule has 0 spiro atoms. The Balaban J connectivity index is 2.05. The predicted octanol–water partition coefficient (Wildman–Crippen LogP) is 3.15. The SMILES string of the molecule is N#CCCN(Cc1cccnc1)Cc1cncc(Br)c1. The zero-order valence-electron chi connectivity index (χ0n) is 11.0. The van der Waals surface area contributed by atoms with Crippen LogP contribution < -0.4 is 0 Å². The van der Waals surface area contributed by atoms with Gasteiger partial charge in [-0.2, -0.15) is 5.26 Å². The molecule has 0 atom stereocenters. The number of nitrogens with zero attached hydrogens (tertiary/aromatic N) is 4. The highest BCUT2D eigenvalue weighted by Gasteiger charge is 2.07. The minimum atomic E-state index is 0.516. The van der Waals surface area contributed by atoms with Crippen molar-refractivity contribution in [2.45, 2.75) is 19.5 Å². The van der Waals surface area contributed by atoms with E-state index < -0.39 is 0 Å². The molecule has 0 unspecified atom stereocenters. The second-order valence-corrected chi connectivity index (χ2v) is 5.41. The lowest BCUT2D eigenvalue weighted by molar-refractivity contribution is 0.262. The lowest BCUT2D eigenvalue weighted by Gasteiger charge is -2.21. The molecule has 0 aliphatic carbocycles. The Kier molecular flexibility index (Phi) is 5.66. The lowest BCUT2D eigenvalue weighted by atomic mass is 10.2. The first-order valence-corrected chi connectivity index (χ1v) is 7.15. The molecular weight excluding hydrogens is 316 g/mol. The Morgan fingerprint density at radius 1 is 1.15 bits per heavy atom. The minimum Gasteiger partial charge on any atom is -0.294 e. The highest BCUT2D eigenvalue weighted by atomic mass is 79.9. The van der Waals surface area contributed by atoms with Gasteiger partial charge in [-0.05, 0) is 39.2 Å². The van der Waals surface area contributed by atoms with Crippen molar-refractivity contribution in [3.05, 3.63) is 58.6 Å². The monoisotopic (exact) mass is 330 g/mol. The molecule has 0 fully saturated rings. The third-order valence-electron chi connectivity index (χ3n) is 2.84. The summed E-state index contributed by atoms with van der Waals surface area (Å²) in [5, 5.41) is 8.78. The van der Waals surface area contributed by atoms with Gasteiger partial charge in [-0.15, -0.1) is 0 Å². The smallest absolute Gasteiger partial charge is 0.0635 e. The fourth-order valence-electron chi connectivity index (χ4n) is 1.97. The van der Waals surface area contributed by atoms with Gasteiger partial charge in [0.25, 0.3) is 0 Å². The summed E-state index contributed by atoms with van der Waals surface area (Å²) in [7, 11) is 0. The summed E-state index contributed by atoms with van der Waals surface area (Å²) in [5.41, 5.74) is 2.27. The first-order valence-electron chi connectivity index (χ1n) is 6.35. The largest absolute Gasteiger partial charge is 0.294 e. The van der Waals surface area contributed by atoms with Crippen LogP contribution in [0.3, 0.4) is 0 Å². The number of halogens is 1. The maximum Gasteiger partial charge on any atom is 0.0635 e.